The Morgan fingerprint density at radius 1 is 1.53 bits per heavy atom. The van der Waals surface area contributed by atoms with Crippen LogP contribution in [0, 0.1) is 16.0 Å². The van der Waals surface area contributed by atoms with E-state index in [-0.39, 0.29) is 5.69 Å². The molecule has 0 atom stereocenters. The lowest BCUT2D eigenvalue weighted by atomic mass is 10.2. The summed E-state index contributed by atoms with van der Waals surface area (Å²) in [6.45, 7) is 4.28. The average molecular weight is 255 g/mol. The Hall–Kier alpha value is -1.27. The van der Waals surface area contributed by atoms with Gasteiger partial charge in [0.25, 0.3) is 5.69 Å². The Labute approximate surface area is 105 Å². The molecular formula is C11H17N3O2S. The summed E-state index contributed by atoms with van der Waals surface area (Å²) in [5.74, 6) is 7.70. The number of rotatable bonds is 6. The van der Waals surface area contributed by atoms with E-state index in [4.69, 9.17) is 5.84 Å². The van der Waals surface area contributed by atoms with Gasteiger partial charge in [-0.3, -0.25) is 16.0 Å². The molecule has 1 rings (SSSR count). The second-order valence-corrected chi connectivity index (χ2v) is 5.15. The molecule has 0 unspecified atom stereocenters. The zero-order valence-corrected chi connectivity index (χ0v) is 10.8. The van der Waals surface area contributed by atoms with Gasteiger partial charge in [-0.05, 0) is 17.2 Å². The molecular weight excluding hydrogens is 238 g/mol. The van der Waals surface area contributed by atoms with Crippen LogP contribution >= 0.6 is 11.8 Å². The van der Waals surface area contributed by atoms with Gasteiger partial charge in [-0.25, -0.2) is 0 Å². The number of para-hydroxylation sites is 1. The molecule has 0 aliphatic carbocycles. The van der Waals surface area contributed by atoms with Crippen LogP contribution < -0.4 is 11.3 Å². The number of nitrogen functional groups attached to an aromatic ring is 1. The van der Waals surface area contributed by atoms with Gasteiger partial charge in [-0.1, -0.05) is 26.0 Å². The van der Waals surface area contributed by atoms with Crippen LogP contribution in [0.1, 0.15) is 19.4 Å². The van der Waals surface area contributed by atoms with Gasteiger partial charge in [0.15, 0.2) is 0 Å². The van der Waals surface area contributed by atoms with Crippen LogP contribution in [0.3, 0.4) is 0 Å². The largest absolute Gasteiger partial charge is 0.318 e. The summed E-state index contributed by atoms with van der Waals surface area (Å²) < 4.78 is 0. The first-order valence-electron chi connectivity index (χ1n) is 5.37. The fourth-order valence-electron chi connectivity index (χ4n) is 1.43. The smallest absolute Gasteiger partial charge is 0.293 e. The third kappa shape index (κ3) is 3.90. The van der Waals surface area contributed by atoms with Crippen molar-refractivity contribution in [2.24, 2.45) is 11.8 Å². The van der Waals surface area contributed by atoms with Crippen molar-refractivity contribution < 1.29 is 4.92 Å². The van der Waals surface area contributed by atoms with Crippen LogP contribution in [-0.4, -0.2) is 10.7 Å². The van der Waals surface area contributed by atoms with Crippen LogP contribution in [0.25, 0.3) is 0 Å². The van der Waals surface area contributed by atoms with E-state index in [9.17, 15) is 10.1 Å². The molecule has 0 saturated carbocycles. The molecule has 0 aromatic heterocycles. The van der Waals surface area contributed by atoms with E-state index in [1.165, 1.54) is 6.07 Å². The van der Waals surface area contributed by atoms with Gasteiger partial charge in [0.05, 0.1) is 4.92 Å². The van der Waals surface area contributed by atoms with Crippen molar-refractivity contribution in [2.45, 2.75) is 19.6 Å². The normalized spacial score (nSPS) is 10.6. The molecule has 6 heteroatoms. The van der Waals surface area contributed by atoms with E-state index < -0.39 is 4.92 Å². The highest BCUT2D eigenvalue weighted by atomic mass is 32.2. The molecule has 1 aromatic rings. The Kier molecular flexibility index (Phi) is 5.24. The summed E-state index contributed by atoms with van der Waals surface area (Å²) in [7, 11) is 0. The third-order valence-corrected chi connectivity index (χ3v) is 3.60. The first-order valence-corrected chi connectivity index (χ1v) is 6.52. The second-order valence-electron chi connectivity index (χ2n) is 4.12. The summed E-state index contributed by atoms with van der Waals surface area (Å²) in [5.41, 5.74) is 3.73. The van der Waals surface area contributed by atoms with Crippen LogP contribution in [0.4, 0.5) is 11.4 Å². The molecule has 0 fully saturated rings. The molecule has 3 N–H and O–H groups in total. The van der Waals surface area contributed by atoms with Crippen LogP contribution in [0.5, 0.6) is 0 Å². The molecule has 17 heavy (non-hydrogen) atoms. The van der Waals surface area contributed by atoms with Crippen LogP contribution in [0.2, 0.25) is 0 Å². The number of nitrogens with two attached hydrogens (primary N) is 1. The Morgan fingerprint density at radius 2 is 2.24 bits per heavy atom. The van der Waals surface area contributed by atoms with E-state index in [1.807, 2.05) is 6.07 Å². The zero-order chi connectivity index (χ0) is 12.8. The maximum absolute atomic E-state index is 10.8. The SMILES string of the molecule is CC(C)CSCc1cccc([N+](=O)[O-])c1NN. The summed E-state index contributed by atoms with van der Waals surface area (Å²) in [5, 5.41) is 10.8. The van der Waals surface area contributed by atoms with Crippen molar-refractivity contribution in [3.8, 4) is 0 Å². The number of nitrogens with one attached hydrogen (secondary N) is 1. The van der Waals surface area contributed by atoms with E-state index >= 15 is 0 Å². The maximum Gasteiger partial charge on any atom is 0.293 e. The number of benzene rings is 1. The molecule has 0 aliphatic rings. The van der Waals surface area contributed by atoms with Gasteiger partial charge >= 0.3 is 0 Å². The molecule has 0 aliphatic heterocycles. The summed E-state index contributed by atoms with van der Waals surface area (Å²) in [6, 6.07) is 4.99. The lowest BCUT2D eigenvalue weighted by Gasteiger charge is -2.09. The minimum Gasteiger partial charge on any atom is -0.318 e. The van der Waals surface area contributed by atoms with Crippen molar-refractivity contribution >= 4 is 23.1 Å². The molecule has 0 spiro atoms. The third-order valence-electron chi connectivity index (χ3n) is 2.18. The molecule has 94 valence electrons. The first-order chi connectivity index (χ1) is 8.06. The first kappa shape index (κ1) is 13.8. The number of anilines is 1. The molecule has 0 heterocycles. The molecule has 0 radical (unpaired) electrons. The van der Waals surface area contributed by atoms with Crippen molar-refractivity contribution in [3.63, 3.8) is 0 Å². The quantitative estimate of drug-likeness (QED) is 0.464. The highest BCUT2D eigenvalue weighted by Gasteiger charge is 2.16. The molecule has 0 bridgehead atoms. The van der Waals surface area contributed by atoms with E-state index in [2.05, 4.69) is 19.3 Å². The minimum absolute atomic E-state index is 0.0233. The number of nitro benzene ring substituents is 1. The number of nitro groups is 1. The maximum atomic E-state index is 10.8. The zero-order valence-electron chi connectivity index (χ0n) is 9.97. The summed E-state index contributed by atoms with van der Waals surface area (Å²) >= 11 is 1.75. The van der Waals surface area contributed by atoms with Crippen molar-refractivity contribution in [1.29, 1.82) is 0 Å². The van der Waals surface area contributed by atoms with E-state index in [0.717, 1.165) is 17.1 Å². The van der Waals surface area contributed by atoms with Crippen molar-refractivity contribution in [3.05, 3.63) is 33.9 Å². The van der Waals surface area contributed by atoms with Gasteiger partial charge in [0.2, 0.25) is 0 Å². The highest BCUT2D eigenvalue weighted by Crippen LogP contribution is 2.30. The second kappa shape index (κ2) is 6.46. The monoisotopic (exact) mass is 255 g/mol. The fraction of sp³-hybridized carbons (Fsp3) is 0.455. The van der Waals surface area contributed by atoms with E-state index in [1.54, 1.807) is 17.8 Å². The van der Waals surface area contributed by atoms with Crippen LogP contribution in [-0.2, 0) is 5.75 Å². The lowest BCUT2D eigenvalue weighted by molar-refractivity contribution is -0.384. The predicted octanol–water partition coefficient (Wildman–Crippen LogP) is 2.77. The molecule has 5 nitrogen and oxygen atoms in total. The molecule has 0 saturated heterocycles. The Bertz CT molecular complexity index is 396. The number of hydrogen-bond donors (Lipinski definition) is 2. The topological polar surface area (TPSA) is 81.2 Å². The number of nitrogens with zero attached hydrogens (tertiary/aromatic N) is 1. The predicted molar refractivity (Wildman–Crippen MR) is 71.9 cm³/mol. The van der Waals surface area contributed by atoms with E-state index in [0.29, 0.717) is 11.6 Å². The minimum atomic E-state index is -0.425. The van der Waals surface area contributed by atoms with Crippen molar-refractivity contribution in [1.82, 2.24) is 0 Å². The van der Waals surface area contributed by atoms with Gasteiger partial charge in [0.1, 0.15) is 5.69 Å². The molecule has 0 amide bonds. The molecule has 1 aromatic carbocycles. The Morgan fingerprint density at radius 3 is 2.76 bits per heavy atom. The summed E-state index contributed by atoms with van der Waals surface area (Å²) in [6.07, 6.45) is 0. The lowest BCUT2D eigenvalue weighted by Crippen LogP contribution is -2.11. The number of hydrogen-bond acceptors (Lipinski definition) is 5. The van der Waals surface area contributed by atoms with Crippen LogP contribution in [0.15, 0.2) is 18.2 Å². The van der Waals surface area contributed by atoms with Gasteiger partial charge in [0, 0.05) is 11.8 Å². The summed E-state index contributed by atoms with van der Waals surface area (Å²) in [4.78, 5) is 10.4. The number of thioether (sulfide) groups is 1. The van der Waals surface area contributed by atoms with Crippen molar-refractivity contribution in [2.75, 3.05) is 11.2 Å². The standard InChI is InChI=1S/C11H17N3O2S/c1-8(2)6-17-7-9-4-3-5-10(14(15)16)11(9)13-12/h3-5,8,13H,6-7,12H2,1-2H3. The Balaban J connectivity index is 2.84. The van der Waals surface area contributed by atoms with Gasteiger partial charge < -0.3 is 5.43 Å². The number of hydrazine groups is 1. The average Bonchev–Trinajstić information content (AvgIpc) is 2.28. The van der Waals surface area contributed by atoms with Gasteiger partial charge in [-0.15, -0.1) is 0 Å². The highest BCUT2D eigenvalue weighted by molar-refractivity contribution is 7.98. The van der Waals surface area contributed by atoms with Gasteiger partial charge in [-0.2, -0.15) is 11.8 Å². The fourth-order valence-corrected chi connectivity index (χ4v) is 2.48.